The number of carbonyl (C=O) groups is 1. The molecule has 0 aromatic carbocycles. The van der Waals surface area contributed by atoms with Gasteiger partial charge in [-0.25, -0.2) is 0 Å². The molecule has 1 amide bonds. The first-order valence-electron chi connectivity index (χ1n) is 6.10. The van der Waals surface area contributed by atoms with E-state index in [0.717, 1.165) is 18.4 Å². The van der Waals surface area contributed by atoms with Crippen LogP contribution in [-0.4, -0.2) is 33.2 Å². The first kappa shape index (κ1) is 13.7. The Bertz CT molecular complexity index is 361. The topological polar surface area (TPSA) is 64.2 Å². The fourth-order valence-electron chi connectivity index (χ4n) is 1.79. The highest BCUT2D eigenvalue weighted by atomic mass is 16.2. The number of amides is 1. The fraction of sp³-hybridized carbons (Fsp3) is 0.667. The van der Waals surface area contributed by atoms with Gasteiger partial charge in [0.25, 0.3) is 0 Å². The average Bonchev–Trinajstić information content (AvgIpc) is 2.71. The average molecular weight is 238 g/mol. The predicted octanol–water partition coefficient (Wildman–Crippen LogP) is 0.896. The summed E-state index contributed by atoms with van der Waals surface area (Å²) in [5, 5.41) is 4.09. The van der Waals surface area contributed by atoms with Crippen molar-refractivity contribution in [3.05, 3.63) is 18.0 Å². The number of aromatic nitrogens is 2. The summed E-state index contributed by atoms with van der Waals surface area (Å²) < 4.78 is 1.74. The van der Waals surface area contributed by atoms with E-state index < -0.39 is 0 Å². The first-order valence-corrected chi connectivity index (χ1v) is 6.10. The van der Waals surface area contributed by atoms with Gasteiger partial charge in [-0.15, -0.1) is 0 Å². The molecule has 1 atom stereocenters. The van der Waals surface area contributed by atoms with E-state index in [1.54, 1.807) is 15.8 Å². The van der Waals surface area contributed by atoms with Crippen molar-refractivity contribution in [1.29, 1.82) is 0 Å². The Kier molecular flexibility index (Phi) is 5.15. The molecule has 0 fully saturated rings. The van der Waals surface area contributed by atoms with Crippen LogP contribution in [0.15, 0.2) is 12.4 Å². The molecule has 1 aromatic heterocycles. The van der Waals surface area contributed by atoms with Gasteiger partial charge in [-0.2, -0.15) is 5.10 Å². The highest BCUT2D eigenvalue weighted by molar-refractivity contribution is 5.81. The van der Waals surface area contributed by atoms with Gasteiger partial charge in [0.2, 0.25) is 5.91 Å². The molecule has 0 aliphatic heterocycles. The summed E-state index contributed by atoms with van der Waals surface area (Å²) in [6.45, 7) is 5.25. The number of rotatable bonds is 6. The highest BCUT2D eigenvalue weighted by Gasteiger charge is 2.19. The number of likely N-dealkylation sites (N-methyl/N-ethyl adjacent to an activating group) is 1. The summed E-state index contributed by atoms with van der Waals surface area (Å²) in [6.07, 6.45) is 5.36. The number of hydrogen-bond donors (Lipinski definition) is 1. The second-order valence-electron chi connectivity index (χ2n) is 4.27. The summed E-state index contributed by atoms with van der Waals surface area (Å²) in [5.74, 6) is 0.0261. The summed E-state index contributed by atoms with van der Waals surface area (Å²) in [7, 11) is 1.87. The zero-order valence-corrected chi connectivity index (χ0v) is 10.9. The Balaban J connectivity index is 2.62. The molecule has 0 saturated heterocycles. The molecular weight excluding hydrogens is 216 g/mol. The SMILES string of the molecule is CCCC(N)C(=O)N(CC)Cc1cnn(C)c1. The van der Waals surface area contributed by atoms with Crippen LogP contribution in [-0.2, 0) is 18.4 Å². The van der Waals surface area contributed by atoms with Gasteiger partial charge in [0.1, 0.15) is 0 Å². The monoisotopic (exact) mass is 238 g/mol. The Morgan fingerprint density at radius 2 is 2.29 bits per heavy atom. The number of nitrogens with zero attached hydrogens (tertiary/aromatic N) is 3. The lowest BCUT2D eigenvalue weighted by Gasteiger charge is -2.23. The number of carbonyl (C=O) groups excluding carboxylic acids is 1. The Hall–Kier alpha value is -1.36. The summed E-state index contributed by atoms with van der Waals surface area (Å²) >= 11 is 0. The summed E-state index contributed by atoms with van der Waals surface area (Å²) in [5.41, 5.74) is 6.88. The van der Waals surface area contributed by atoms with E-state index in [-0.39, 0.29) is 11.9 Å². The molecule has 0 spiro atoms. The minimum absolute atomic E-state index is 0.0261. The molecule has 0 bridgehead atoms. The molecule has 5 heteroatoms. The summed E-state index contributed by atoms with van der Waals surface area (Å²) in [6, 6.07) is -0.378. The number of nitrogens with two attached hydrogens (primary N) is 1. The standard InChI is InChI=1S/C12H22N4O/c1-4-6-11(13)12(17)16(5-2)9-10-7-14-15(3)8-10/h7-8,11H,4-6,9,13H2,1-3H3. The minimum Gasteiger partial charge on any atom is -0.337 e. The van der Waals surface area contributed by atoms with E-state index in [4.69, 9.17) is 5.73 Å². The van der Waals surface area contributed by atoms with Crippen LogP contribution in [0.3, 0.4) is 0 Å². The Labute approximate surface area is 103 Å². The Morgan fingerprint density at radius 1 is 1.59 bits per heavy atom. The second kappa shape index (κ2) is 6.39. The molecule has 0 radical (unpaired) electrons. The minimum atomic E-state index is -0.378. The smallest absolute Gasteiger partial charge is 0.239 e. The van der Waals surface area contributed by atoms with Gasteiger partial charge in [0.05, 0.1) is 12.2 Å². The van der Waals surface area contributed by atoms with Crippen LogP contribution in [0.5, 0.6) is 0 Å². The van der Waals surface area contributed by atoms with Crippen LogP contribution in [0.2, 0.25) is 0 Å². The molecule has 1 unspecified atom stereocenters. The van der Waals surface area contributed by atoms with E-state index in [1.165, 1.54) is 0 Å². The maximum atomic E-state index is 12.0. The molecule has 5 nitrogen and oxygen atoms in total. The van der Waals surface area contributed by atoms with E-state index in [0.29, 0.717) is 13.1 Å². The van der Waals surface area contributed by atoms with Crippen LogP contribution in [0.4, 0.5) is 0 Å². The van der Waals surface area contributed by atoms with Crippen LogP contribution in [0.25, 0.3) is 0 Å². The molecule has 1 aromatic rings. The molecule has 0 aliphatic carbocycles. The van der Waals surface area contributed by atoms with Crippen LogP contribution in [0.1, 0.15) is 32.3 Å². The number of aryl methyl sites for hydroxylation is 1. The van der Waals surface area contributed by atoms with Crippen molar-refractivity contribution in [3.8, 4) is 0 Å². The third-order valence-electron chi connectivity index (χ3n) is 2.74. The number of hydrogen-bond acceptors (Lipinski definition) is 3. The zero-order valence-electron chi connectivity index (χ0n) is 10.9. The maximum Gasteiger partial charge on any atom is 0.239 e. The van der Waals surface area contributed by atoms with Crippen molar-refractivity contribution in [2.24, 2.45) is 12.8 Å². The molecule has 17 heavy (non-hydrogen) atoms. The molecule has 0 aliphatic rings. The second-order valence-corrected chi connectivity index (χ2v) is 4.27. The van der Waals surface area contributed by atoms with Crippen molar-refractivity contribution in [3.63, 3.8) is 0 Å². The highest BCUT2D eigenvalue weighted by Crippen LogP contribution is 2.06. The van der Waals surface area contributed by atoms with Gasteiger partial charge in [-0.3, -0.25) is 9.48 Å². The van der Waals surface area contributed by atoms with Crippen LogP contribution < -0.4 is 5.73 Å². The van der Waals surface area contributed by atoms with Gasteiger partial charge < -0.3 is 10.6 Å². The lowest BCUT2D eigenvalue weighted by Crippen LogP contribution is -2.43. The van der Waals surface area contributed by atoms with Crippen molar-refractivity contribution in [1.82, 2.24) is 14.7 Å². The molecule has 1 rings (SSSR count). The van der Waals surface area contributed by atoms with Gasteiger partial charge >= 0.3 is 0 Å². The van der Waals surface area contributed by atoms with Crippen molar-refractivity contribution < 1.29 is 4.79 Å². The van der Waals surface area contributed by atoms with E-state index in [1.807, 2.05) is 27.1 Å². The van der Waals surface area contributed by atoms with Gasteiger partial charge in [0, 0.05) is 31.9 Å². The molecular formula is C12H22N4O. The predicted molar refractivity (Wildman–Crippen MR) is 67.2 cm³/mol. The lowest BCUT2D eigenvalue weighted by molar-refractivity contribution is -0.133. The zero-order chi connectivity index (χ0) is 12.8. The van der Waals surface area contributed by atoms with Gasteiger partial charge in [-0.05, 0) is 13.3 Å². The third-order valence-corrected chi connectivity index (χ3v) is 2.74. The lowest BCUT2D eigenvalue weighted by atomic mass is 10.1. The van der Waals surface area contributed by atoms with E-state index in [2.05, 4.69) is 5.10 Å². The van der Waals surface area contributed by atoms with Gasteiger partial charge in [0.15, 0.2) is 0 Å². The molecule has 2 N–H and O–H groups in total. The maximum absolute atomic E-state index is 12.0. The van der Waals surface area contributed by atoms with Crippen molar-refractivity contribution in [2.45, 2.75) is 39.3 Å². The van der Waals surface area contributed by atoms with E-state index in [9.17, 15) is 4.79 Å². The molecule has 1 heterocycles. The fourth-order valence-corrected chi connectivity index (χ4v) is 1.79. The van der Waals surface area contributed by atoms with Gasteiger partial charge in [-0.1, -0.05) is 13.3 Å². The molecule has 96 valence electrons. The largest absolute Gasteiger partial charge is 0.337 e. The van der Waals surface area contributed by atoms with Crippen LogP contribution >= 0.6 is 0 Å². The Morgan fingerprint density at radius 3 is 2.76 bits per heavy atom. The van der Waals surface area contributed by atoms with Crippen LogP contribution in [0, 0.1) is 0 Å². The van der Waals surface area contributed by atoms with Crippen molar-refractivity contribution >= 4 is 5.91 Å². The van der Waals surface area contributed by atoms with Crippen molar-refractivity contribution in [2.75, 3.05) is 6.54 Å². The first-order chi connectivity index (χ1) is 8.08. The quantitative estimate of drug-likeness (QED) is 0.800. The third kappa shape index (κ3) is 3.85. The normalized spacial score (nSPS) is 12.5. The van der Waals surface area contributed by atoms with E-state index >= 15 is 0 Å². The molecule has 0 saturated carbocycles. The summed E-state index contributed by atoms with van der Waals surface area (Å²) in [4.78, 5) is 13.8.